The fourth-order valence-corrected chi connectivity index (χ4v) is 2.38. The van der Waals surface area contributed by atoms with Gasteiger partial charge in [-0.05, 0) is 48.9 Å². The van der Waals surface area contributed by atoms with Gasteiger partial charge < -0.3 is 5.32 Å². The maximum Gasteiger partial charge on any atom is 0.147 e. The SMILES string of the molecule is CC(Nc1ccc(Cl)cc1F)c1cc(Cl)ccc1Cl. The molecule has 0 aromatic heterocycles. The zero-order valence-electron chi connectivity index (χ0n) is 10.1. The summed E-state index contributed by atoms with van der Waals surface area (Å²) in [5.41, 5.74) is 1.18. The van der Waals surface area contributed by atoms with Crippen LogP contribution in [-0.4, -0.2) is 0 Å². The van der Waals surface area contributed by atoms with Crippen molar-refractivity contribution in [1.29, 1.82) is 0 Å². The van der Waals surface area contributed by atoms with E-state index in [4.69, 9.17) is 34.8 Å². The van der Waals surface area contributed by atoms with Crippen molar-refractivity contribution in [3.05, 3.63) is 62.8 Å². The molecule has 19 heavy (non-hydrogen) atoms. The number of hydrogen-bond acceptors (Lipinski definition) is 1. The molecule has 0 saturated heterocycles. The summed E-state index contributed by atoms with van der Waals surface area (Å²) in [5, 5.41) is 4.57. The second kappa shape index (κ2) is 6.00. The topological polar surface area (TPSA) is 12.0 Å². The average Bonchev–Trinajstić information content (AvgIpc) is 2.35. The monoisotopic (exact) mass is 317 g/mol. The lowest BCUT2D eigenvalue weighted by atomic mass is 10.1. The van der Waals surface area contributed by atoms with Crippen LogP contribution in [0.5, 0.6) is 0 Å². The van der Waals surface area contributed by atoms with Crippen molar-refractivity contribution in [2.24, 2.45) is 0 Å². The highest BCUT2D eigenvalue weighted by Crippen LogP contribution is 2.29. The zero-order chi connectivity index (χ0) is 14.0. The standard InChI is InChI=1S/C14H11Cl3FN/c1-8(11-6-9(15)2-4-12(11)17)19-14-5-3-10(16)7-13(14)18/h2-8,19H,1H3. The van der Waals surface area contributed by atoms with Crippen LogP contribution in [0, 0.1) is 5.82 Å². The molecule has 0 spiro atoms. The fourth-order valence-electron chi connectivity index (χ4n) is 1.76. The maximum absolute atomic E-state index is 13.7. The van der Waals surface area contributed by atoms with Gasteiger partial charge >= 0.3 is 0 Å². The number of nitrogens with one attached hydrogen (secondary N) is 1. The van der Waals surface area contributed by atoms with Crippen LogP contribution in [0.4, 0.5) is 10.1 Å². The predicted molar refractivity (Wildman–Crippen MR) is 79.9 cm³/mol. The van der Waals surface area contributed by atoms with Crippen LogP contribution in [0.25, 0.3) is 0 Å². The van der Waals surface area contributed by atoms with Crippen LogP contribution in [0.15, 0.2) is 36.4 Å². The highest BCUT2D eigenvalue weighted by Gasteiger charge is 2.12. The smallest absolute Gasteiger partial charge is 0.147 e. The van der Waals surface area contributed by atoms with Gasteiger partial charge in [-0.1, -0.05) is 34.8 Å². The normalized spacial score (nSPS) is 12.3. The van der Waals surface area contributed by atoms with Crippen molar-refractivity contribution in [3.63, 3.8) is 0 Å². The first-order chi connectivity index (χ1) is 8.97. The van der Waals surface area contributed by atoms with Crippen molar-refractivity contribution >= 4 is 40.5 Å². The van der Waals surface area contributed by atoms with E-state index in [2.05, 4.69) is 5.32 Å². The first kappa shape index (κ1) is 14.4. The maximum atomic E-state index is 13.7. The molecule has 0 saturated carbocycles. The second-order valence-corrected chi connectivity index (χ2v) is 5.44. The molecule has 0 aliphatic carbocycles. The van der Waals surface area contributed by atoms with Gasteiger partial charge in [-0.15, -0.1) is 0 Å². The molecule has 0 bridgehead atoms. The summed E-state index contributed by atoms with van der Waals surface area (Å²) in [7, 11) is 0. The third-order valence-corrected chi connectivity index (χ3v) is 3.54. The van der Waals surface area contributed by atoms with Crippen LogP contribution in [0.3, 0.4) is 0 Å². The molecule has 2 aromatic rings. The summed E-state index contributed by atoms with van der Waals surface area (Å²) in [6.07, 6.45) is 0. The molecular weight excluding hydrogens is 308 g/mol. The third kappa shape index (κ3) is 3.53. The Morgan fingerprint density at radius 2 is 1.63 bits per heavy atom. The summed E-state index contributed by atoms with van der Waals surface area (Å²) in [5.74, 6) is -0.405. The van der Waals surface area contributed by atoms with Crippen molar-refractivity contribution in [3.8, 4) is 0 Å². The van der Waals surface area contributed by atoms with Crippen molar-refractivity contribution in [1.82, 2.24) is 0 Å². The van der Waals surface area contributed by atoms with Gasteiger partial charge in [-0.3, -0.25) is 0 Å². The Morgan fingerprint density at radius 1 is 1.00 bits per heavy atom. The molecule has 2 aromatic carbocycles. The van der Waals surface area contributed by atoms with Crippen LogP contribution >= 0.6 is 34.8 Å². The minimum atomic E-state index is -0.405. The van der Waals surface area contributed by atoms with Gasteiger partial charge in [0.1, 0.15) is 5.82 Å². The highest BCUT2D eigenvalue weighted by atomic mass is 35.5. The average molecular weight is 319 g/mol. The van der Waals surface area contributed by atoms with E-state index in [9.17, 15) is 4.39 Å². The summed E-state index contributed by atoms with van der Waals surface area (Å²) in [6.45, 7) is 1.88. The minimum Gasteiger partial charge on any atom is -0.376 e. The number of benzene rings is 2. The predicted octanol–water partition coefficient (Wildman–Crippen LogP) is 5.96. The van der Waals surface area contributed by atoms with Gasteiger partial charge in [0.2, 0.25) is 0 Å². The van der Waals surface area contributed by atoms with Gasteiger partial charge in [0, 0.05) is 15.1 Å². The zero-order valence-corrected chi connectivity index (χ0v) is 12.3. The first-order valence-corrected chi connectivity index (χ1v) is 6.77. The van der Waals surface area contributed by atoms with E-state index in [0.717, 1.165) is 5.56 Å². The van der Waals surface area contributed by atoms with Crippen molar-refractivity contribution in [2.45, 2.75) is 13.0 Å². The quantitative estimate of drug-likeness (QED) is 0.736. The molecule has 5 heteroatoms. The Kier molecular flexibility index (Phi) is 4.56. The van der Waals surface area contributed by atoms with Crippen molar-refractivity contribution in [2.75, 3.05) is 5.32 Å². The largest absolute Gasteiger partial charge is 0.376 e. The molecule has 2 rings (SSSR count). The van der Waals surface area contributed by atoms with Gasteiger partial charge in [0.25, 0.3) is 0 Å². The highest BCUT2D eigenvalue weighted by molar-refractivity contribution is 6.33. The Morgan fingerprint density at radius 3 is 2.32 bits per heavy atom. The Balaban J connectivity index is 2.25. The molecule has 1 nitrogen and oxygen atoms in total. The van der Waals surface area contributed by atoms with Crippen LogP contribution in [-0.2, 0) is 0 Å². The molecule has 0 heterocycles. The Bertz CT molecular complexity index is 601. The van der Waals surface area contributed by atoms with Gasteiger partial charge in [0.05, 0.1) is 11.7 Å². The van der Waals surface area contributed by atoms with E-state index in [-0.39, 0.29) is 6.04 Å². The summed E-state index contributed by atoms with van der Waals surface area (Å²) < 4.78 is 13.7. The van der Waals surface area contributed by atoms with Gasteiger partial charge in [-0.2, -0.15) is 0 Å². The van der Waals surface area contributed by atoms with Crippen molar-refractivity contribution < 1.29 is 4.39 Å². The summed E-state index contributed by atoms with van der Waals surface area (Å²) in [6, 6.07) is 9.48. The fraction of sp³-hybridized carbons (Fsp3) is 0.143. The minimum absolute atomic E-state index is 0.179. The number of rotatable bonds is 3. The Hall–Kier alpha value is -0.960. The molecule has 1 unspecified atom stereocenters. The molecular formula is C14H11Cl3FN. The molecule has 0 aliphatic rings. The van der Waals surface area contributed by atoms with Crippen LogP contribution in [0.1, 0.15) is 18.5 Å². The van der Waals surface area contributed by atoms with E-state index in [1.165, 1.54) is 6.07 Å². The van der Waals surface area contributed by atoms with E-state index in [1.807, 2.05) is 6.92 Å². The summed E-state index contributed by atoms with van der Waals surface area (Å²) >= 11 is 17.8. The van der Waals surface area contributed by atoms with E-state index in [0.29, 0.717) is 20.8 Å². The molecule has 0 radical (unpaired) electrons. The number of hydrogen-bond donors (Lipinski definition) is 1. The van der Waals surface area contributed by atoms with Crippen LogP contribution in [0.2, 0.25) is 15.1 Å². The second-order valence-electron chi connectivity index (χ2n) is 4.16. The first-order valence-electron chi connectivity index (χ1n) is 5.64. The van der Waals surface area contributed by atoms with E-state index >= 15 is 0 Å². The molecule has 0 amide bonds. The van der Waals surface area contributed by atoms with E-state index < -0.39 is 5.82 Å². The molecule has 100 valence electrons. The van der Waals surface area contributed by atoms with E-state index in [1.54, 1.807) is 30.3 Å². The molecule has 0 aliphatic heterocycles. The number of halogens is 4. The van der Waals surface area contributed by atoms with Gasteiger partial charge in [-0.25, -0.2) is 4.39 Å². The lowest BCUT2D eigenvalue weighted by Crippen LogP contribution is -2.08. The molecule has 0 fully saturated rings. The number of anilines is 1. The van der Waals surface area contributed by atoms with Gasteiger partial charge in [0.15, 0.2) is 0 Å². The Labute approximate surface area is 126 Å². The molecule has 1 N–H and O–H groups in total. The van der Waals surface area contributed by atoms with Crippen LogP contribution < -0.4 is 5.32 Å². The molecule has 1 atom stereocenters. The lowest BCUT2D eigenvalue weighted by molar-refractivity contribution is 0.627. The third-order valence-electron chi connectivity index (χ3n) is 2.73. The summed E-state index contributed by atoms with van der Waals surface area (Å²) in [4.78, 5) is 0. The lowest BCUT2D eigenvalue weighted by Gasteiger charge is -2.18.